The van der Waals surface area contributed by atoms with E-state index in [9.17, 15) is 4.79 Å². The van der Waals surface area contributed by atoms with Crippen LogP contribution in [-0.4, -0.2) is 56.8 Å². The third-order valence-corrected chi connectivity index (χ3v) is 4.39. The molecule has 2 aromatic rings. The van der Waals surface area contributed by atoms with Crippen LogP contribution in [0.2, 0.25) is 0 Å². The summed E-state index contributed by atoms with van der Waals surface area (Å²) >= 11 is 0. The summed E-state index contributed by atoms with van der Waals surface area (Å²) in [5.41, 5.74) is 2.78. The van der Waals surface area contributed by atoms with Crippen molar-refractivity contribution in [3.63, 3.8) is 0 Å². The Morgan fingerprint density at radius 1 is 1.26 bits per heavy atom. The minimum atomic E-state index is 0.0669. The van der Waals surface area contributed by atoms with Crippen LogP contribution in [0, 0.1) is 13.8 Å². The molecule has 1 fully saturated rings. The van der Waals surface area contributed by atoms with Gasteiger partial charge in [-0.15, -0.1) is 0 Å². The van der Waals surface area contributed by atoms with Crippen molar-refractivity contribution < 1.29 is 9.32 Å². The summed E-state index contributed by atoms with van der Waals surface area (Å²) < 4.78 is 6.90. The van der Waals surface area contributed by atoms with Crippen molar-refractivity contribution in [2.45, 2.75) is 26.8 Å². The quantitative estimate of drug-likeness (QED) is 0.855. The summed E-state index contributed by atoms with van der Waals surface area (Å²) in [5.74, 6) is 0.951. The third kappa shape index (κ3) is 3.44. The topological polar surface area (TPSA) is 67.4 Å². The average molecular weight is 317 g/mol. The van der Waals surface area contributed by atoms with Gasteiger partial charge in [-0.25, -0.2) is 0 Å². The van der Waals surface area contributed by atoms with Gasteiger partial charge in [0.25, 0.3) is 5.91 Å². The van der Waals surface area contributed by atoms with Gasteiger partial charge in [0.15, 0.2) is 0 Å². The molecule has 0 saturated carbocycles. The molecule has 0 spiro atoms. The summed E-state index contributed by atoms with van der Waals surface area (Å²) in [6, 6.07) is 0. The molecule has 7 heteroatoms. The lowest BCUT2D eigenvalue weighted by Gasteiger charge is -2.21. The Morgan fingerprint density at radius 3 is 2.74 bits per heavy atom. The van der Waals surface area contributed by atoms with E-state index in [1.807, 2.05) is 25.8 Å². The maximum absolute atomic E-state index is 12.5. The van der Waals surface area contributed by atoms with E-state index >= 15 is 0 Å². The lowest BCUT2D eigenvalue weighted by atomic mass is 10.2. The summed E-state index contributed by atoms with van der Waals surface area (Å²) in [7, 11) is 1.82. The molecule has 0 atom stereocenters. The molecular weight excluding hydrogens is 294 g/mol. The standard InChI is InChI=1S/C16H23N5O2/c1-12-15(13(2)23-18-12)11-20-5-4-6-21(8-7-20)16(22)14-9-17-19(3)10-14/h9-10H,4-8,11H2,1-3H3. The molecule has 1 saturated heterocycles. The average Bonchev–Trinajstić information content (AvgIpc) is 3.00. The minimum absolute atomic E-state index is 0.0669. The second-order valence-electron chi connectivity index (χ2n) is 6.13. The highest BCUT2D eigenvalue weighted by Crippen LogP contribution is 2.17. The zero-order valence-electron chi connectivity index (χ0n) is 13.9. The molecule has 1 aliphatic rings. The minimum Gasteiger partial charge on any atom is -0.361 e. The lowest BCUT2D eigenvalue weighted by Crippen LogP contribution is -2.35. The molecule has 1 amide bonds. The largest absolute Gasteiger partial charge is 0.361 e. The van der Waals surface area contributed by atoms with Crippen LogP contribution in [0.15, 0.2) is 16.9 Å². The zero-order valence-corrected chi connectivity index (χ0v) is 13.9. The van der Waals surface area contributed by atoms with Crippen molar-refractivity contribution in [2.75, 3.05) is 26.2 Å². The summed E-state index contributed by atoms with van der Waals surface area (Å²) in [4.78, 5) is 16.8. The molecule has 7 nitrogen and oxygen atoms in total. The van der Waals surface area contributed by atoms with Crippen molar-refractivity contribution >= 4 is 5.91 Å². The molecule has 0 radical (unpaired) electrons. The van der Waals surface area contributed by atoms with Gasteiger partial charge in [0.1, 0.15) is 5.76 Å². The fraction of sp³-hybridized carbons (Fsp3) is 0.562. The molecule has 124 valence electrons. The molecule has 23 heavy (non-hydrogen) atoms. The van der Waals surface area contributed by atoms with E-state index in [0.29, 0.717) is 5.56 Å². The number of hydrogen-bond acceptors (Lipinski definition) is 5. The van der Waals surface area contributed by atoms with Gasteiger partial charge in [0.2, 0.25) is 0 Å². The Labute approximate surface area is 135 Å². The van der Waals surface area contributed by atoms with E-state index < -0.39 is 0 Å². The van der Waals surface area contributed by atoms with E-state index in [1.165, 1.54) is 0 Å². The van der Waals surface area contributed by atoms with Gasteiger partial charge in [-0.2, -0.15) is 5.10 Å². The highest BCUT2D eigenvalue weighted by Gasteiger charge is 2.22. The monoisotopic (exact) mass is 317 g/mol. The lowest BCUT2D eigenvalue weighted by molar-refractivity contribution is 0.0761. The van der Waals surface area contributed by atoms with Crippen LogP contribution < -0.4 is 0 Å². The molecule has 3 heterocycles. The second kappa shape index (κ2) is 6.54. The second-order valence-corrected chi connectivity index (χ2v) is 6.13. The fourth-order valence-electron chi connectivity index (χ4n) is 3.00. The summed E-state index contributed by atoms with van der Waals surface area (Å²) in [5, 5.41) is 8.10. The van der Waals surface area contributed by atoms with Crippen molar-refractivity contribution in [1.82, 2.24) is 24.7 Å². The van der Waals surface area contributed by atoms with Crippen LogP contribution in [0.1, 0.15) is 33.8 Å². The van der Waals surface area contributed by atoms with Gasteiger partial charge in [-0.3, -0.25) is 14.4 Å². The number of rotatable bonds is 3. The third-order valence-electron chi connectivity index (χ3n) is 4.39. The van der Waals surface area contributed by atoms with Crippen LogP contribution >= 0.6 is 0 Å². The maximum atomic E-state index is 12.5. The Balaban J connectivity index is 1.62. The van der Waals surface area contributed by atoms with Gasteiger partial charge in [0.05, 0.1) is 17.5 Å². The Hall–Kier alpha value is -2.15. The number of aromatic nitrogens is 3. The molecular formula is C16H23N5O2. The highest BCUT2D eigenvalue weighted by atomic mass is 16.5. The van der Waals surface area contributed by atoms with Crippen molar-refractivity contribution in [2.24, 2.45) is 7.05 Å². The van der Waals surface area contributed by atoms with Crippen LogP contribution in [0.3, 0.4) is 0 Å². The first-order chi connectivity index (χ1) is 11.0. The van der Waals surface area contributed by atoms with Gasteiger partial charge < -0.3 is 9.42 Å². The van der Waals surface area contributed by atoms with Crippen LogP contribution in [0.5, 0.6) is 0 Å². The van der Waals surface area contributed by atoms with E-state index in [-0.39, 0.29) is 5.91 Å². The first-order valence-electron chi connectivity index (χ1n) is 7.96. The van der Waals surface area contributed by atoms with E-state index in [0.717, 1.165) is 56.2 Å². The van der Waals surface area contributed by atoms with Crippen LogP contribution in [-0.2, 0) is 13.6 Å². The molecule has 0 aromatic carbocycles. The van der Waals surface area contributed by atoms with E-state index in [4.69, 9.17) is 4.52 Å². The van der Waals surface area contributed by atoms with Crippen molar-refractivity contribution in [3.8, 4) is 0 Å². The smallest absolute Gasteiger partial charge is 0.257 e. The van der Waals surface area contributed by atoms with Gasteiger partial charge in [-0.05, 0) is 20.3 Å². The summed E-state index contributed by atoms with van der Waals surface area (Å²) in [6.45, 7) is 8.10. The number of nitrogens with zero attached hydrogens (tertiary/aromatic N) is 5. The van der Waals surface area contributed by atoms with Gasteiger partial charge in [0, 0.05) is 51.5 Å². The molecule has 0 bridgehead atoms. The highest BCUT2D eigenvalue weighted by molar-refractivity contribution is 5.93. The van der Waals surface area contributed by atoms with Gasteiger partial charge in [-0.1, -0.05) is 5.16 Å². The number of carbonyl (C=O) groups excluding carboxylic acids is 1. The van der Waals surface area contributed by atoms with Crippen LogP contribution in [0.4, 0.5) is 0 Å². The van der Waals surface area contributed by atoms with E-state index in [2.05, 4.69) is 15.2 Å². The van der Waals surface area contributed by atoms with Crippen LogP contribution in [0.25, 0.3) is 0 Å². The molecule has 1 aliphatic heterocycles. The molecule has 3 rings (SSSR count). The molecule has 0 aliphatic carbocycles. The maximum Gasteiger partial charge on any atom is 0.257 e. The molecule has 0 N–H and O–H groups in total. The molecule has 2 aromatic heterocycles. The normalized spacial score (nSPS) is 16.6. The Bertz CT molecular complexity index is 671. The molecule has 0 unspecified atom stereocenters. The van der Waals surface area contributed by atoms with Crippen molar-refractivity contribution in [1.29, 1.82) is 0 Å². The first kappa shape index (κ1) is 15.7. The fourth-order valence-corrected chi connectivity index (χ4v) is 3.00. The predicted octanol–water partition coefficient (Wildman–Crippen LogP) is 1.37. The van der Waals surface area contributed by atoms with E-state index in [1.54, 1.807) is 17.1 Å². The number of hydrogen-bond donors (Lipinski definition) is 0. The number of aryl methyl sites for hydroxylation is 3. The van der Waals surface area contributed by atoms with Crippen molar-refractivity contribution in [3.05, 3.63) is 35.0 Å². The summed E-state index contributed by atoms with van der Waals surface area (Å²) in [6.07, 6.45) is 4.37. The van der Waals surface area contributed by atoms with Gasteiger partial charge >= 0.3 is 0 Å². The Morgan fingerprint density at radius 2 is 2.09 bits per heavy atom. The first-order valence-corrected chi connectivity index (χ1v) is 7.96. The Kier molecular flexibility index (Phi) is 4.47. The number of amides is 1. The zero-order chi connectivity index (χ0) is 16.4. The predicted molar refractivity (Wildman–Crippen MR) is 85.0 cm³/mol. The number of carbonyl (C=O) groups is 1. The SMILES string of the molecule is Cc1noc(C)c1CN1CCCN(C(=O)c2cnn(C)c2)CC1.